The van der Waals surface area contributed by atoms with Crippen molar-refractivity contribution in [2.24, 2.45) is 5.92 Å². The summed E-state index contributed by atoms with van der Waals surface area (Å²) in [5, 5.41) is 11.0. The summed E-state index contributed by atoms with van der Waals surface area (Å²) in [6, 6.07) is 0.206. The van der Waals surface area contributed by atoms with Crippen molar-refractivity contribution in [2.45, 2.75) is 96.8 Å². The molecule has 5 nitrogen and oxygen atoms in total. The number of hydrogen-bond donors (Lipinski definition) is 2. The van der Waals surface area contributed by atoms with Gasteiger partial charge in [0.1, 0.15) is 5.78 Å². The van der Waals surface area contributed by atoms with Crippen molar-refractivity contribution in [3.8, 4) is 0 Å². The molecule has 5 heteroatoms. The highest BCUT2D eigenvalue weighted by atomic mass is 16.5. The maximum absolute atomic E-state index is 11.8. The van der Waals surface area contributed by atoms with Crippen molar-refractivity contribution in [1.29, 1.82) is 0 Å². The van der Waals surface area contributed by atoms with Crippen molar-refractivity contribution < 1.29 is 20.9 Å². The second-order valence-corrected chi connectivity index (χ2v) is 7.23. The first-order chi connectivity index (χ1) is 11.4. The zero-order chi connectivity index (χ0) is 17.9. The van der Waals surface area contributed by atoms with Crippen LogP contribution in [0.25, 0.3) is 0 Å². The molecule has 0 aromatic heterocycles. The van der Waals surface area contributed by atoms with E-state index in [1.807, 2.05) is 6.92 Å². The van der Waals surface area contributed by atoms with Gasteiger partial charge in [-0.15, -0.1) is 0 Å². The molecule has 142 valence electrons. The molecular formula is C19H37NO4. The Morgan fingerprint density at radius 1 is 1.21 bits per heavy atom. The molecule has 2 aliphatic rings. The van der Waals surface area contributed by atoms with Crippen molar-refractivity contribution in [1.82, 2.24) is 5.32 Å². The number of amides is 1. The first-order valence-electron chi connectivity index (χ1n) is 9.54. The minimum Gasteiger partial charge on any atom is -0.394 e. The zero-order valence-corrected chi connectivity index (χ0v) is 15.6. The number of carbonyl (C=O) groups excluding carboxylic acids is 2. The second kappa shape index (κ2) is 11.6. The minimum absolute atomic E-state index is 0. The number of hydrogen-bond acceptors (Lipinski definition) is 4. The molecule has 2 fully saturated rings. The van der Waals surface area contributed by atoms with Crippen molar-refractivity contribution in [3.05, 3.63) is 0 Å². The minimum atomic E-state index is -0.167. The highest BCUT2D eigenvalue weighted by molar-refractivity contribution is 5.82. The van der Waals surface area contributed by atoms with Gasteiger partial charge < -0.3 is 15.2 Å². The maximum Gasteiger partial charge on any atom is 0.222 e. The van der Waals surface area contributed by atoms with E-state index in [1.54, 1.807) is 13.8 Å². The van der Waals surface area contributed by atoms with Crippen LogP contribution in [0.2, 0.25) is 0 Å². The van der Waals surface area contributed by atoms with Crippen LogP contribution in [-0.4, -0.2) is 41.7 Å². The molecule has 0 saturated heterocycles. The van der Waals surface area contributed by atoms with E-state index in [-0.39, 0.29) is 25.4 Å². The SMILES string of the molecule is CC(C)O.CCC(=O)C1CC(NC(=O)CCOC2CCCCC2)C1.[HH]. The Kier molecular flexibility index (Phi) is 10.2. The van der Waals surface area contributed by atoms with Crippen molar-refractivity contribution in [3.63, 3.8) is 0 Å². The molecule has 2 N–H and O–H groups in total. The quantitative estimate of drug-likeness (QED) is 0.744. The summed E-state index contributed by atoms with van der Waals surface area (Å²) >= 11 is 0. The zero-order valence-electron chi connectivity index (χ0n) is 15.6. The number of ketones is 1. The van der Waals surface area contributed by atoms with Crippen molar-refractivity contribution >= 4 is 11.7 Å². The molecule has 0 bridgehead atoms. The maximum atomic E-state index is 11.8. The summed E-state index contributed by atoms with van der Waals surface area (Å²) in [4.78, 5) is 23.2. The molecule has 0 aromatic carbocycles. The van der Waals surface area contributed by atoms with Crippen LogP contribution in [0.1, 0.15) is 80.0 Å². The van der Waals surface area contributed by atoms with Gasteiger partial charge in [-0.1, -0.05) is 26.2 Å². The van der Waals surface area contributed by atoms with Gasteiger partial charge >= 0.3 is 0 Å². The molecule has 0 radical (unpaired) electrons. The average Bonchev–Trinajstić information content (AvgIpc) is 2.50. The summed E-state index contributed by atoms with van der Waals surface area (Å²) in [7, 11) is 0. The Hall–Kier alpha value is -0.940. The third kappa shape index (κ3) is 8.78. The van der Waals surface area contributed by atoms with E-state index >= 15 is 0 Å². The van der Waals surface area contributed by atoms with Crippen LogP contribution < -0.4 is 5.32 Å². The van der Waals surface area contributed by atoms with Gasteiger partial charge in [0.05, 0.1) is 12.7 Å². The van der Waals surface area contributed by atoms with Gasteiger partial charge in [0.15, 0.2) is 0 Å². The van der Waals surface area contributed by atoms with Crippen LogP contribution in [0, 0.1) is 5.92 Å². The van der Waals surface area contributed by atoms with E-state index in [4.69, 9.17) is 9.84 Å². The number of aliphatic hydroxyl groups excluding tert-OH is 1. The van der Waals surface area contributed by atoms with Crippen LogP contribution in [0.5, 0.6) is 0 Å². The number of aliphatic hydroxyl groups is 1. The lowest BCUT2D eigenvalue weighted by molar-refractivity contribution is -0.129. The topological polar surface area (TPSA) is 75.6 Å². The first kappa shape index (κ1) is 21.1. The molecule has 2 rings (SSSR count). The Morgan fingerprint density at radius 3 is 2.33 bits per heavy atom. The Bertz CT molecular complexity index is 375. The van der Waals surface area contributed by atoms with E-state index in [0.29, 0.717) is 31.3 Å². The number of carbonyl (C=O) groups is 2. The van der Waals surface area contributed by atoms with Crippen LogP contribution in [-0.2, 0) is 14.3 Å². The van der Waals surface area contributed by atoms with Gasteiger partial charge in [-0.05, 0) is 39.5 Å². The van der Waals surface area contributed by atoms with Gasteiger partial charge in [-0.2, -0.15) is 0 Å². The third-order valence-corrected chi connectivity index (χ3v) is 4.54. The average molecular weight is 344 g/mol. The van der Waals surface area contributed by atoms with Gasteiger partial charge in [0.25, 0.3) is 0 Å². The van der Waals surface area contributed by atoms with Gasteiger partial charge in [-0.25, -0.2) is 0 Å². The molecule has 0 unspecified atom stereocenters. The highest BCUT2D eigenvalue weighted by Gasteiger charge is 2.34. The van der Waals surface area contributed by atoms with Gasteiger partial charge in [-0.3, -0.25) is 9.59 Å². The predicted octanol–water partition coefficient (Wildman–Crippen LogP) is 3.23. The summed E-state index contributed by atoms with van der Waals surface area (Å²) in [5.41, 5.74) is 0. The van der Waals surface area contributed by atoms with Gasteiger partial charge in [0.2, 0.25) is 5.91 Å². The fraction of sp³-hybridized carbons (Fsp3) is 0.895. The largest absolute Gasteiger partial charge is 0.394 e. The van der Waals surface area contributed by atoms with E-state index in [2.05, 4.69) is 5.32 Å². The Morgan fingerprint density at radius 2 is 1.79 bits per heavy atom. The summed E-state index contributed by atoms with van der Waals surface area (Å²) in [5.74, 6) is 0.577. The van der Waals surface area contributed by atoms with E-state index in [0.717, 1.165) is 25.7 Å². The summed E-state index contributed by atoms with van der Waals surface area (Å²) in [6.07, 6.45) is 9.02. The predicted molar refractivity (Wildman–Crippen MR) is 96.9 cm³/mol. The molecule has 0 aromatic rings. The third-order valence-electron chi connectivity index (χ3n) is 4.54. The summed E-state index contributed by atoms with van der Waals surface area (Å²) < 4.78 is 5.75. The molecule has 0 aliphatic heterocycles. The lowest BCUT2D eigenvalue weighted by Crippen LogP contribution is -2.46. The molecule has 2 saturated carbocycles. The lowest BCUT2D eigenvalue weighted by atomic mass is 9.77. The monoisotopic (exact) mass is 343 g/mol. The van der Waals surface area contributed by atoms with Gasteiger partial charge in [0, 0.05) is 32.3 Å². The summed E-state index contributed by atoms with van der Waals surface area (Å²) in [6.45, 7) is 5.87. The Balaban J connectivity index is 0.00000104. The fourth-order valence-corrected chi connectivity index (χ4v) is 3.14. The molecular weight excluding hydrogens is 306 g/mol. The van der Waals surface area contributed by atoms with Crippen molar-refractivity contribution in [2.75, 3.05) is 6.61 Å². The molecule has 0 spiro atoms. The molecule has 0 heterocycles. The van der Waals surface area contributed by atoms with E-state index < -0.39 is 0 Å². The van der Waals surface area contributed by atoms with E-state index in [1.165, 1.54) is 19.3 Å². The molecule has 2 aliphatic carbocycles. The number of ether oxygens (including phenoxy) is 1. The smallest absolute Gasteiger partial charge is 0.222 e. The molecule has 24 heavy (non-hydrogen) atoms. The number of Topliss-reactive ketones (excluding diaryl/α,β-unsaturated/α-hetero) is 1. The van der Waals surface area contributed by atoms with Crippen LogP contribution in [0.4, 0.5) is 0 Å². The van der Waals surface area contributed by atoms with Crippen LogP contribution >= 0.6 is 0 Å². The highest BCUT2D eigenvalue weighted by Crippen LogP contribution is 2.29. The second-order valence-electron chi connectivity index (χ2n) is 7.23. The number of rotatable bonds is 7. The van der Waals surface area contributed by atoms with Crippen LogP contribution in [0.15, 0.2) is 0 Å². The first-order valence-corrected chi connectivity index (χ1v) is 9.54. The Labute approximate surface area is 148 Å². The molecule has 0 atom stereocenters. The van der Waals surface area contributed by atoms with Crippen LogP contribution in [0.3, 0.4) is 0 Å². The number of nitrogens with one attached hydrogen (secondary N) is 1. The molecule has 1 amide bonds. The van der Waals surface area contributed by atoms with E-state index in [9.17, 15) is 9.59 Å². The standard InChI is InChI=1S/C16H27NO3.C3H8O.H2/c1-2-15(18)12-10-13(11-12)17-16(19)8-9-20-14-6-4-3-5-7-14;1-3(2)4;/h12-14H,2-11H2,1H3,(H,17,19);3-4H,1-2H3;1H. The fourth-order valence-electron chi connectivity index (χ4n) is 3.14. The lowest BCUT2D eigenvalue weighted by Gasteiger charge is -2.34. The normalized spacial score (nSPS) is 23.9.